The summed E-state index contributed by atoms with van der Waals surface area (Å²) in [5.41, 5.74) is -0.687. The summed E-state index contributed by atoms with van der Waals surface area (Å²) >= 11 is 0. The Hall–Kier alpha value is -1.04. The average Bonchev–Trinajstić information content (AvgIpc) is 2.70. The Bertz CT molecular complexity index is 455. The molecule has 3 unspecified atom stereocenters. The van der Waals surface area contributed by atoms with Crippen LogP contribution in [0.4, 0.5) is 8.78 Å². The highest BCUT2D eigenvalue weighted by Gasteiger charge is 2.39. The normalized spacial score (nSPS) is 28.6. The summed E-state index contributed by atoms with van der Waals surface area (Å²) in [6.45, 7) is 4.34. The van der Waals surface area contributed by atoms with Gasteiger partial charge in [0.2, 0.25) is 0 Å². The van der Waals surface area contributed by atoms with Crippen molar-refractivity contribution in [3.05, 3.63) is 35.4 Å². The average molecular weight is 271 g/mol. The van der Waals surface area contributed by atoms with Crippen LogP contribution in [0.25, 0.3) is 0 Å². The number of aliphatic hydroxyl groups is 1. The predicted octanol–water partition coefficient (Wildman–Crippen LogP) is 2.16. The number of halogens is 2. The van der Waals surface area contributed by atoms with E-state index < -0.39 is 17.2 Å². The van der Waals surface area contributed by atoms with Gasteiger partial charge in [-0.15, -0.1) is 0 Å². The minimum atomic E-state index is -0.946. The van der Waals surface area contributed by atoms with Crippen molar-refractivity contribution in [3.8, 4) is 0 Å². The Labute approximate surface area is 111 Å². The molecule has 1 aliphatic heterocycles. The standard InChI is InChI=1S/C14H19F2NO2/c1-9(12-7-11(15)3-4-13(12)16)17-8-14(18)5-6-19-10(14)2/h3-4,7,9-10,17-18H,5-6,8H2,1-2H3. The van der Waals surface area contributed by atoms with Crippen molar-refractivity contribution >= 4 is 0 Å². The molecule has 19 heavy (non-hydrogen) atoms. The zero-order chi connectivity index (χ0) is 14.0. The van der Waals surface area contributed by atoms with Gasteiger partial charge >= 0.3 is 0 Å². The Morgan fingerprint density at radius 2 is 2.26 bits per heavy atom. The zero-order valence-electron chi connectivity index (χ0n) is 11.1. The fourth-order valence-electron chi connectivity index (χ4n) is 2.29. The van der Waals surface area contributed by atoms with E-state index in [1.807, 2.05) is 6.92 Å². The van der Waals surface area contributed by atoms with Crippen LogP contribution in [-0.4, -0.2) is 30.0 Å². The lowest BCUT2D eigenvalue weighted by molar-refractivity contribution is -0.0274. The van der Waals surface area contributed by atoms with Crippen molar-refractivity contribution < 1.29 is 18.6 Å². The molecule has 0 spiro atoms. The zero-order valence-corrected chi connectivity index (χ0v) is 11.1. The highest BCUT2D eigenvalue weighted by atomic mass is 19.1. The Morgan fingerprint density at radius 1 is 1.53 bits per heavy atom. The number of rotatable bonds is 4. The van der Waals surface area contributed by atoms with E-state index in [2.05, 4.69) is 5.32 Å². The lowest BCUT2D eigenvalue weighted by Crippen LogP contribution is -2.46. The predicted molar refractivity (Wildman–Crippen MR) is 67.8 cm³/mol. The molecule has 106 valence electrons. The maximum atomic E-state index is 13.6. The quantitative estimate of drug-likeness (QED) is 0.881. The first-order valence-electron chi connectivity index (χ1n) is 6.45. The van der Waals surface area contributed by atoms with E-state index in [0.717, 1.165) is 12.1 Å². The van der Waals surface area contributed by atoms with E-state index in [0.29, 0.717) is 13.0 Å². The lowest BCUT2D eigenvalue weighted by Gasteiger charge is -2.28. The molecule has 2 rings (SSSR count). The topological polar surface area (TPSA) is 41.5 Å². The molecule has 0 saturated carbocycles. The van der Waals surface area contributed by atoms with Gasteiger partial charge in [0, 0.05) is 31.2 Å². The summed E-state index contributed by atoms with van der Waals surface area (Å²) in [4.78, 5) is 0. The Kier molecular flexibility index (Phi) is 4.18. The molecule has 2 N–H and O–H groups in total. The molecule has 1 aromatic rings. The van der Waals surface area contributed by atoms with E-state index in [1.165, 1.54) is 6.07 Å². The summed E-state index contributed by atoms with van der Waals surface area (Å²) in [5, 5.41) is 13.4. The fourth-order valence-corrected chi connectivity index (χ4v) is 2.29. The van der Waals surface area contributed by atoms with Crippen molar-refractivity contribution in [2.45, 2.75) is 38.0 Å². The molecule has 0 bridgehead atoms. The Balaban J connectivity index is 2.01. The highest BCUT2D eigenvalue weighted by molar-refractivity contribution is 5.21. The second-order valence-electron chi connectivity index (χ2n) is 5.14. The van der Waals surface area contributed by atoms with Crippen LogP contribution in [0.15, 0.2) is 18.2 Å². The smallest absolute Gasteiger partial charge is 0.128 e. The fraction of sp³-hybridized carbons (Fsp3) is 0.571. The van der Waals surface area contributed by atoms with Crippen molar-refractivity contribution in [2.75, 3.05) is 13.2 Å². The van der Waals surface area contributed by atoms with E-state index in [1.54, 1.807) is 6.92 Å². The van der Waals surface area contributed by atoms with E-state index >= 15 is 0 Å². The van der Waals surface area contributed by atoms with Gasteiger partial charge in [0.15, 0.2) is 0 Å². The van der Waals surface area contributed by atoms with Crippen LogP contribution >= 0.6 is 0 Å². The van der Waals surface area contributed by atoms with Crippen molar-refractivity contribution in [1.82, 2.24) is 5.32 Å². The largest absolute Gasteiger partial charge is 0.386 e. The van der Waals surface area contributed by atoms with Crippen LogP contribution in [-0.2, 0) is 4.74 Å². The van der Waals surface area contributed by atoms with Gasteiger partial charge in [0.05, 0.1) is 6.10 Å². The van der Waals surface area contributed by atoms with Gasteiger partial charge in [-0.3, -0.25) is 0 Å². The van der Waals surface area contributed by atoms with Gasteiger partial charge in [0.25, 0.3) is 0 Å². The van der Waals surface area contributed by atoms with Gasteiger partial charge in [-0.05, 0) is 32.0 Å². The van der Waals surface area contributed by atoms with Crippen LogP contribution in [0.1, 0.15) is 31.9 Å². The third-order valence-corrected chi connectivity index (χ3v) is 3.80. The van der Waals surface area contributed by atoms with Gasteiger partial charge in [-0.2, -0.15) is 0 Å². The molecule has 1 aliphatic rings. The summed E-state index contributed by atoms with van der Waals surface area (Å²) in [6, 6.07) is 2.99. The van der Waals surface area contributed by atoms with Gasteiger partial charge < -0.3 is 15.2 Å². The summed E-state index contributed by atoms with van der Waals surface area (Å²) in [7, 11) is 0. The first-order chi connectivity index (χ1) is 8.92. The molecule has 1 fully saturated rings. The third-order valence-electron chi connectivity index (χ3n) is 3.80. The molecule has 3 nitrogen and oxygen atoms in total. The third kappa shape index (κ3) is 3.11. The van der Waals surface area contributed by atoms with Gasteiger partial charge in [0.1, 0.15) is 17.2 Å². The molecule has 0 amide bonds. The molecular formula is C14H19F2NO2. The van der Waals surface area contributed by atoms with Crippen LogP contribution in [0.3, 0.4) is 0 Å². The van der Waals surface area contributed by atoms with Crippen molar-refractivity contribution in [2.24, 2.45) is 0 Å². The SMILES string of the molecule is CC(NCC1(O)CCOC1C)c1cc(F)ccc1F. The molecule has 0 radical (unpaired) electrons. The summed E-state index contributed by atoms with van der Waals surface area (Å²) in [6.07, 6.45) is 0.282. The molecule has 5 heteroatoms. The highest BCUT2D eigenvalue weighted by Crippen LogP contribution is 2.26. The minimum absolute atomic E-state index is 0.259. The minimum Gasteiger partial charge on any atom is -0.386 e. The first kappa shape index (κ1) is 14.4. The van der Waals surface area contributed by atoms with Crippen LogP contribution < -0.4 is 5.32 Å². The number of benzene rings is 1. The molecule has 1 heterocycles. The van der Waals surface area contributed by atoms with Crippen LogP contribution in [0.5, 0.6) is 0 Å². The van der Waals surface area contributed by atoms with Crippen LogP contribution in [0.2, 0.25) is 0 Å². The second-order valence-corrected chi connectivity index (χ2v) is 5.14. The molecule has 1 aromatic carbocycles. The Morgan fingerprint density at radius 3 is 2.89 bits per heavy atom. The first-order valence-corrected chi connectivity index (χ1v) is 6.45. The van der Waals surface area contributed by atoms with E-state index in [-0.39, 0.29) is 24.3 Å². The number of hydrogen-bond acceptors (Lipinski definition) is 3. The van der Waals surface area contributed by atoms with Crippen molar-refractivity contribution in [3.63, 3.8) is 0 Å². The summed E-state index contributed by atoms with van der Waals surface area (Å²) in [5.74, 6) is -0.926. The van der Waals surface area contributed by atoms with E-state index in [4.69, 9.17) is 4.74 Å². The maximum absolute atomic E-state index is 13.6. The molecular weight excluding hydrogens is 252 g/mol. The number of hydrogen-bond donors (Lipinski definition) is 2. The van der Waals surface area contributed by atoms with Gasteiger partial charge in [-0.25, -0.2) is 8.78 Å². The molecule has 1 saturated heterocycles. The number of ether oxygens (including phenoxy) is 1. The monoisotopic (exact) mass is 271 g/mol. The second kappa shape index (κ2) is 5.53. The number of nitrogens with one attached hydrogen (secondary N) is 1. The van der Waals surface area contributed by atoms with E-state index in [9.17, 15) is 13.9 Å². The molecule has 3 atom stereocenters. The maximum Gasteiger partial charge on any atom is 0.128 e. The van der Waals surface area contributed by atoms with Gasteiger partial charge in [-0.1, -0.05) is 0 Å². The summed E-state index contributed by atoms with van der Waals surface area (Å²) < 4.78 is 32.0. The molecule has 0 aromatic heterocycles. The lowest BCUT2D eigenvalue weighted by atomic mass is 9.96. The van der Waals surface area contributed by atoms with Crippen molar-refractivity contribution in [1.29, 1.82) is 0 Å². The van der Waals surface area contributed by atoms with Crippen LogP contribution in [0, 0.1) is 11.6 Å². The molecule has 0 aliphatic carbocycles.